The highest BCUT2D eigenvalue weighted by Gasteiger charge is 2.35. The Hall–Kier alpha value is -2.50. The maximum Gasteiger partial charge on any atom is 0.435 e. The van der Waals surface area contributed by atoms with Crippen LogP contribution in [0.25, 0.3) is 11.3 Å². The number of esters is 1. The van der Waals surface area contributed by atoms with Crippen LogP contribution in [0.1, 0.15) is 35.6 Å². The van der Waals surface area contributed by atoms with Crippen LogP contribution >= 0.6 is 39.1 Å². The number of alkyl halides is 3. The first-order chi connectivity index (χ1) is 15.9. The number of aromatic nitrogens is 3. The van der Waals surface area contributed by atoms with Crippen LogP contribution < -0.4 is 5.43 Å². The quantitative estimate of drug-likeness (QED) is 0.374. The summed E-state index contributed by atoms with van der Waals surface area (Å²) in [6, 6.07) is 4.96. The normalized spacial score (nSPS) is 11.6. The molecule has 0 aliphatic carbocycles. The number of ether oxygens (including phenoxy) is 1. The van der Waals surface area contributed by atoms with Crippen molar-refractivity contribution in [3.63, 3.8) is 0 Å². The Labute approximate surface area is 209 Å². The molecule has 182 valence electrons. The van der Waals surface area contributed by atoms with E-state index in [4.69, 9.17) is 27.9 Å². The third-order valence-corrected chi connectivity index (χ3v) is 6.41. The van der Waals surface area contributed by atoms with Crippen molar-refractivity contribution >= 4 is 45.1 Å². The second kappa shape index (κ2) is 10.0. The van der Waals surface area contributed by atoms with Crippen LogP contribution in [0.2, 0.25) is 10.0 Å². The number of carbonyl (C=O) groups is 1. The van der Waals surface area contributed by atoms with E-state index in [-0.39, 0.29) is 44.6 Å². The van der Waals surface area contributed by atoms with Crippen molar-refractivity contribution in [2.45, 2.75) is 33.1 Å². The lowest BCUT2D eigenvalue weighted by atomic mass is 10.0. The minimum atomic E-state index is -4.77. The summed E-state index contributed by atoms with van der Waals surface area (Å²) in [5.74, 6) is -1.63. The Morgan fingerprint density at radius 1 is 1.21 bits per heavy atom. The van der Waals surface area contributed by atoms with Gasteiger partial charge in [0.15, 0.2) is 5.69 Å². The fourth-order valence-corrected chi connectivity index (χ4v) is 4.22. The maximum absolute atomic E-state index is 13.3. The van der Waals surface area contributed by atoms with E-state index in [1.54, 1.807) is 19.9 Å². The molecule has 0 aliphatic rings. The first kappa shape index (κ1) is 26.1. The van der Waals surface area contributed by atoms with Crippen molar-refractivity contribution in [1.29, 1.82) is 0 Å². The first-order valence-electron chi connectivity index (χ1n) is 9.82. The highest BCUT2D eigenvalue weighted by molar-refractivity contribution is 9.10. The molecule has 1 aromatic carbocycles. The van der Waals surface area contributed by atoms with E-state index < -0.39 is 35.7 Å². The lowest BCUT2D eigenvalue weighted by molar-refractivity contribution is -0.141. The molecular weight excluding hydrogens is 566 g/mol. The Kier molecular flexibility index (Phi) is 7.69. The molecule has 34 heavy (non-hydrogen) atoms. The first-order valence-corrected chi connectivity index (χ1v) is 11.4. The Morgan fingerprint density at radius 2 is 1.88 bits per heavy atom. The second-order valence-electron chi connectivity index (χ2n) is 6.95. The molecule has 2 heterocycles. The molecule has 0 radical (unpaired) electrons. The van der Waals surface area contributed by atoms with Gasteiger partial charge in [0.2, 0.25) is 11.3 Å². The number of benzene rings is 1. The molecule has 0 aliphatic heterocycles. The molecule has 3 rings (SSSR count). The Balaban J connectivity index is 2.33. The van der Waals surface area contributed by atoms with Gasteiger partial charge in [-0.05, 0) is 41.9 Å². The predicted octanol–water partition coefficient (Wildman–Crippen LogP) is 5.75. The fraction of sp³-hybridized carbons (Fsp3) is 0.286. The summed E-state index contributed by atoms with van der Waals surface area (Å²) in [5.41, 5.74) is -1.69. The van der Waals surface area contributed by atoms with E-state index in [0.717, 1.165) is 0 Å². The van der Waals surface area contributed by atoms with E-state index in [1.807, 2.05) is 0 Å². The average Bonchev–Trinajstić information content (AvgIpc) is 3.14. The molecule has 0 fully saturated rings. The van der Waals surface area contributed by atoms with E-state index in [2.05, 4.69) is 21.0 Å². The van der Waals surface area contributed by atoms with Gasteiger partial charge in [0.25, 0.3) is 0 Å². The van der Waals surface area contributed by atoms with Crippen molar-refractivity contribution in [1.82, 2.24) is 14.3 Å². The minimum Gasteiger partial charge on any atom is -0.493 e. The highest BCUT2D eigenvalue weighted by atomic mass is 79.9. The number of hydrogen-bond donors (Lipinski definition) is 1. The lowest BCUT2D eigenvalue weighted by Crippen LogP contribution is -2.27. The molecule has 0 saturated heterocycles. The van der Waals surface area contributed by atoms with Gasteiger partial charge in [-0.15, -0.1) is 0 Å². The van der Waals surface area contributed by atoms with E-state index in [1.165, 1.54) is 16.7 Å². The third kappa shape index (κ3) is 4.96. The van der Waals surface area contributed by atoms with E-state index in [0.29, 0.717) is 16.3 Å². The maximum atomic E-state index is 13.3. The Bertz CT molecular complexity index is 1320. The summed E-state index contributed by atoms with van der Waals surface area (Å²) in [6.07, 6.45) is -4.77. The molecule has 1 N–H and O–H groups in total. The van der Waals surface area contributed by atoms with Crippen LogP contribution in [-0.2, 0) is 24.0 Å². The molecule has 0 spiro atoms. The predicted molar refractivity (Wildman–Crippen MR) is 123 cm³/mol. The van der Waals surface area contributed by atoms with Crippen molar-refractivity contribution in [2.24, 2.45) is 0 Å². The van der Waals surface area contributed by atoms with Crippen LogP contribution in [0.4, 0.5) is 13.2 Å². The zero-order chi connectivity index (χ0) is 25.4. The van der Waals surface area contributed by atoms with Crippen LogP contribution in [0, 0.1) is 0 Å². The summed E-state index contributed by atoms with van der Waals surface area (Å²) >= 11 is 15.3. The number of halogens is 6. The van der Waals surface area contributed by atoms with Gasteiger partial charge in [0, 0.05) is 18.2 Å². The van der Waals surface area contributed by atoms with Crippen molar-refractivity contribution in [3.8, 4) is 17.1 Å². The molecule has 0 atom stereocenters. The molecule has 0 bridgehead atoms. The van der Waals surface area contributed by atoms with Crippen molar-refractivity contribution < 1.29 is 27.8 Å². The highest BCUT2D eigenvalue weighted by Crippen LogP contribution is 2.34. The third-order valence-electron chi connectivity index (χ3n) is 4.85. The van der Waals surface area contributed by atoms with Gasteiger partial charge in [-0.25, -0.2) is 9.48 Å². The van der Waals surface area contributed by atoms with Crippen LogP contribution in [0.3, 0.4) is 0 Å². The summed E-state index contributed by atoms with van der Waals surface area (Å²) < 4.78 is 46.4. The molecule has 0 unspecified atom stereocenters. The Morgan fingerprint density at radius 3 is 2.41 bits per heavy atom. The number of hydrogen-bond acceptors (Lipinski definition) is 5. The molecule has 2 aromatic heterocycles. The lowest BCUT2D eigenvalue weighted by Gasteiger charge is -2.22. The molecule has 7 nitrogen and oxygen atoms in total. The summed E-state index contributed by atoms with van der Waals surface area (Å²) in [6.45, 7) is 3.07. The molecule has 0 saturated carbocycles. The molecular formula is C21H17BrCl2F3N3O4. The van der Waals surface area contributed by atoms with Crippen molar-refractivity contribution in [3.05, 3.63) is 66.0 Å². The number of carbonyl (C=O) groups excluding carboxylic acids is 1. The number of aromatic hydroxyl groups is 1. The molecule has 3 aromatic rings. The SMILES string of the molecule is CCOC(=O)c1c(-c2ccc(Cl)c(Cl)c2)n(CC)c(Cn2nc(C(F)(F)F)cc2O)c(Br)c1=O. The average molecular weight is 583 g/mol. The standard InChI is InChI=1S/C21H17BrCl2F3N3O4/c1-3-29-13(9-30-15(31)8-14(28-30)21(25,26)27)17(22)19(32)16(20(33)34-4-2)18(29)10-5-6-11(23)12(24)7-10/h5-8,31H,3-4,9H2,1-2H3. The van der Waals surface area contributed by atoms with Crippen LogP contribution in [0.15, 0.2) is 33.5 Å². The van der Waals surface area contributed by atoms with E-state index >= 15 is 0 Å². The smallest absolute Gasteiger partial charge is 0.435 e. The van der Waals surface area contributed by atoms with Gasteiger partial charge in [0.05, 0.1) is 39.1 Å². The number of pyridine rings is 1. The van der Waals surface area contributed by atoms with Gasteiger partial charge in [0.1, 0.15) is 5.56 Å². The molecule has 0 amide bonds. The number of rotatable bonds is 6. The van der Waals surface area contributed by atoms with E-state index in [9.17, 15) is 27.9 Å². The van der Waals surface area contributed by atoms with Gasteiger partial charge in [-0.1, -0.05) is 29.3 Å². The largest absolute Gasteiger partial charge is 0.493 e. The topological polar surface area (TPSA) is 86.3 Å². The summed E-state index contributed by atoms with van der Waals surface area (Å²) in [5, 5.41) is 13.9. The van der Waals surface area contributed by atoms with Gasteiger partial charge in [-0.2, -0.15) is 18.3 Å². The van der Waals surface area contributed by atoms with Gasteiger partial charge in [-0.3, -0.25) is 4.79 Å². The minimum absolute atomic E-state index is 0.00591. The summed E-state index contributed by atoms with van der Waals surface area (Å²) in [7, 11) is 0. The monoisotopic (exact) mass is 581 g/mol. The van der Waals surface area contributed by atoms with Gasteiger partial charge < -0.3 is 14.4 Å². The second-order valence-corrected chi connectivity index (χ2v) is 8.56. The molecule has 13 heteroatoms. The van der Waals surface area contributed by atoms with Crippen molar-refractivity contribution in [2.75, 3.05) is 6.61 Å². The number of nitrogens with zero attached hydrogens (tertiary/aromatic N) is 3. The van der Waals surface area contributed by atoms with Crippen LogP contribution in [-0.4, -0.2) is 32.0 Å². The van der Waals surface area contributed by atoms with Gasteiger partial charge >= 0.3 is 12.1 Å². The summed E-state index contributed by atoms with van der Waals surface area (Å²) in [4.78, 5) is 26.0. The zero-order valence-electron chi connectivity index (χ0n) is 17.7. The zero-order valence-corrected chi connectivity index (χ0v) is 20.8. The fourth-order valence-electron chi connectivity index (χ4n) is 3.38. The van der Waals surface area contributed by atoms with Crippen LogP contribution in [0.5, 0.6) is 5.88 Å².